The van der Waals surface area contributed by atoms with E-state index in [1.807, 2.05) is 0 Å². The number of hydrogen-bond donors (Lipinski definition) is 1. The third-order valence-corrected chi connectivity index (χ3v) is 3.16. The number of likely N-dealkylation sites (tertiary alicyclic amines) is 1. The minimum absolute atomic E-state index is 0.156. The number of nitrogens with zero attached hydrogens (tertiary/aromatic N) is 4. The second kappa shape index (κ2) is 5.70. The molecule has 21 heavy (non-hydrogen) atoms. The predicted molar refractivity (Wildman–Crippen MR) is 63.6 cm³/mol. The Morgan fingerprint density at radius 3 is 2.86 bits per heavy atom. The van der Waals surface area contributed by atoms with Crippen molar-refractivity contribution in [2.45, 2.75) is 19.1 Å². The fourth-order valence-electron chi connectivity index (χ4n) is 2.23. The summed E-state index contributed by atoms with van der Waals surface area (Å²) in [6.07, 6.45) is -3.37. The van der Waals surface area contributed by atoms with Crippen LogP contribution in [0.15, 0.2) is 6.33 Å². The SMILES string of the molecule is CN(Cc1ncn[nH]1)C(=O)C1CC(=O)N(CC(F)(F)F)C1. The van der Waals surface area contributed by atoms with Crippen LogP contribution >= 0.6 is 0 Å². The van der Waals surface area contributed by atoms with Crippen LogP contribution in [0.1, 0.15) is 12.2 Å². The lowest BCUT2D eigenvalue weighted by molar-refractivity contribution is -0.157. The van der Waals surface area contributed by atoms with E-state index in [-0.39, 0.29) is 25.4 Å². The molecule has 0 saturated carbocycles. The fraction of sp³-hybridized carbons (Fsp3) is 0.636. The fourth-order valence-corrected chi connectivity index (χ4v) is 2.23. The van der Waals surface area contributed by atoms with Crippen molar-refractivity contribution in [2.24, 2.45) is 5.92 Å². The van der Waals surface area contributed by atoms with Gasteiger partial charge in [-0.1, -0.05) is 0 Å². The van der Waals surface area contributed by atoms with E-state index < -0.39 is 24.5 Å². The van der Waals surface area contributed by atoms with Crippen molar-refractivity contribution in [1.29, 1.82) is 0 Å². The highest BCUT2D eigenvalue weighted by atomic mass is 19.4. The number of alkyl halides is 3. The van der Waals surface area contributed by atoms with Crippen molar-refractivity contribution in [3.63, 3.8) is 0 Å². The van der Waals surface area contributed by atoms with E-state index in [1.165, 1.54) is 18.3 Å². The normalized spacial score (nSPS) is 19.1. The van der Waals surface area contributed by atoms with E-state index in [2.05, 4.69) is 15.2 Å². The van der Waals surface area contributed by atoms with Crippen LogP contribution in [0.5, 0.6) is 0 Å². The molecular weight excluding hydrogens is 291 g/mol. The highest BCUT2D eigenvalue weighted by Crippen LogP contribution is 2.25. The van der Waals surface area contributed by atoms with Crippen LogP contribution in [0.4, 0.5) is 13.2 Å². The van der Waals surface area contributed by atoms with Crippen molar-refractivity contribution < 1.29 is 22.8 Å². The highest BCUT2D eigenvalue weighted by Gasteiger charge is 2.41. The Balaban J connectivity index is 1.93. The van der Waals surface area contributed by atoms with Crippen LogP contribution in [0, 0.1) is 5.92 Å². The summed E-state index contributed by atoms with van der Waals surface area (Å²) in [5, 5.41) is 6.22. The zero-order chi connectivity index (χ0) is 15.6. The number of amides is 2. The molecule has 1 atom stereocenters. The molecule has 116 valence electrons. The molecule has 0 radical (unpaired) electrons. The van der Waals surface area contributed by atoms with Crippen molar-refractivity contribution in [2.75, 3.05) is 20.1 Å². The summed E-state index contributed by atoms with van der Waals surface area (Å²) >= 11 is 0. The summed E-state index contributed by atoms with van der Waals surface area (Å²) in [7, 11) is 1.50. The molecule has 2 rings (SSSR count). The lowest BCUT2D eigenvalue weighted by Gasteiger charge is -2.21. The molecule has 1 aliphatic rings. The Morgan fingerprint density at radius 1 is 1.57 bits per heavy atom. The third-order valence-electron chi connectivity index (χ3n) is 3.16. The standard InChI is InChI=1S/C11H14F3N5O2/c1-18(4-8-15-6-16-17-8)10(21)7-2-9(20)19(3-7)5-11(12,13)14/h6-7H,2-5H2,1H3,(H,15,16,17). The van der Waals surface area contributed by atoms with Gasteiger partial charge in [-0.2, -0.15) is 18.3 Å². The zero-order valence-corrected chi connectivity index (χ0v) is 11.2. The number of nitrogens with one attached hydrogen (secondary N) is 1. The third kappa shape index (κ3) is 3.92. The number of carbonyl (C=O) groups excluding carboxylic acids is 2. The smallest absolute Gasteiger partial charge is 0.338 e. The Kier molecular flexibility index (Phi) is 4.14. The van der Waals surface area contributed by atoms with Gasteiger partial charge in [-0.05, 0) is 0 Å². The highest BCUT2D eigenvalue weighted by molar-refractivity contribution is 5.89. The van der Waals surface area contributed by atoms with Crippen LogP contribution in [0.3, 0.4) is 0 Å². The van der Waals surface area contributed by atoms with E-state index in [4.69, 9.17) is 0 Å². The van der Waals surface area contributed by atoms with E-state index in [0.717, 1.165) is 0 Å². The van der Waals surface area contributed by atoms with Gasteiger partial charge in [0.1, 0.15) is 18.7 Å². The molecule has 2 amide bonds. The minimum Gasteiger partial charge on any atom is -0.338 e. The summed E-state index contributed by atoms with van der Waals surface area (Å²) in [4.78, 5) is 29.5. The maximum atomic E-state index is 12.3. The van der Waals surface area contributed by atoms with Crippen molar-refractivity contribution >= 4 is 11.8 Å². The Bertz CT molecular complexity index is 516. The number of rotatable bonds is 4. The molecule has 2 heterocycles. The van der Waals surface area contributed by atoms with Crippen LogP contribution in [0.25, 0.3) is 0 Å². The summed E-state index contributed by atoms with van der Waals surface area (Å²) < 4.78 is 36.9. The van der Waals surface area contributed by atoms with Gasteiger partial charge in [0.15, 0.2) is 0 Å². The van der Waals surface area contributed by atoms with Gasteiger partial charge in [0, 0.05) is 20.0 Å². The van der Waals surface area contributed by atoms with Crippen molar-refractivity contribution in [3.05, 3.63) is 12.2 Å². The maximum Gasteiger partial charge on any atom is 0.406 e. The first-order valence-electron chi connectivity index (χ1n) is 6.20. The summed E-state index contributed by atoms with van der Waals surface area (Å²) in [5.41, 5.74) is 0. The van der Waals surface area contributed by atoms with Crippen LogP contribution in [-0.2, 0) is 16.1 Å². The Morgan fingerprint density at radius 2 is 2.29 bits per heavy atom. The Labute approximate surface area is 118 Å². The lowest BCUT2D eigenvalue weighted by Crippen LogP contribution is -2.37. The molecule has 1 aliphatic heterocycles. The summed E-state index contributed by atoms with van der Waals surface area (Å²) in [6, 6.07) is 0. The lowest BCUT2D eigenvalue weighted by atomic mass is 10.1. The van der Waals surface area contributed by atoms with Gasteiger partial charge in [-0.15, -0.1) is 0 Å². The average Bonchev–Trinajstić information content (AvgIpc) is 2.97. The molecule has 1 aromatic heterocycles. The Hall–Kier alpha value is -2.13. The van der Waals surface area contributed by atoms with Gasteiger partial charge in [0.2, 0.25) is 11.8 Å². The predicted octanol–water partition coefficient (Wildman–Crippen LogP) is 0.174. The molecule has 1 saturated heterocycles. The second-order valence-electron chi connectivity index (χ2n) is 4.92. The van der Waals surface area contributed by atoms with Gasteiger partial charge in [-0.25, -0.2) is 4.98 Å². The molecule has 1 N–H and O–H groups in total. The van der Waals surface area contributed by atoms with Crippen LogP contribution in [-0.4, -0.2) is 63.1 Å². The number of H-pyrrole nitrogens is 1. The second-order valence-corrected chi connectivity index (χ2v) is 4.92. The molecular formula is C11H14F3N5O2. The average molecular weight is 305 g/mol. The number of hydrogen-bond acceptors (Lipinski definition) is 4. The summed E-state index contributed by atoms with van der Waals surface area (Å²) in [5.74, 6) is -1.33. The van der Waals surface area contributed by atoms with Crippen molar-refractivity contribution in [3.8, 4) is 0 Å². The van der Waals surface area contributed by atoms with Crippen LogP contribution < -0.4 is 0 Å². The van der Waals surface area contributed by atoms with E-state index in [9.17, 15) is 22.8 Å². The first-order chi connectivity index (χ1) is 9.76. The monoisotopic (exact) mass is 305 g/mol. The largest absolute Gasteiger partial charge is 0.406 e. The van der Waals surface area contributed by atoms with Gasteiger partial charge < -0.3 is 9.80 Å². The van der Waals surface area contributed by atoms with E-state index >= 15 is 0 Å². The quantitative estimate of drug-likeness (QED) is 0.860. The first kappa shape index (κ1) is 15.3. The number of carbonyl (C=O) groups is 2. The number of halogens is 3. The van der Waals surface area contributed by atoms with Gasteiger partial charge in [-0.3, -0.25) is 14.7 Å². The molecule has 1 fully saturated rings. The molecule has 0 aliphatic carbocycles. The minimum atomic E-state index is -4.46. The molecule has 7 nitrogen and oxygen atoms in total. The molecule has 1 unspecified atom stereocenters. The molecule has 0 spiro atoms. The van der Waals surface area contributed by atoms with E-state index in [0.29, 0.717) is 10.7 Å². The molecule has 0 aromatic carbocycles. The van der Waals surface area contributed by atoms with E-state index in [1.54, 1.807) is 0 Å². The first-order valence-corrected chi connectivity index (χ1v) is 6.20. The molecule has 0 bridgehead atoms. The van der Waals surface area contributed by atoms with Gasteiger partial charge in [0.05, 0.1) is 12.5 Å². The molecule has 1 aromatic rings. The number of aromatic amines is 1. The summed E-state index contributed by atoms with van der Waals surface area (Å²) in [6.45, 7) is -1.37. The zero-order valence-electron chi connectivity index (χ0n) is 11.2. The topological polar surface area (TPSA) is 82.2 Å². The van der Waals surface area contributed by atoms with Crippen LogP contribution in [0.2, 0.25) is 0 Å². The van der Waals surface area contributed by atoms with Gasteiger partial charge >= 0.3 is 6.18 Å². The van der Waals surface area contributed by atoms with Crippen molar-refractivity contribution in [1.82, 2.24) is 25.0 Å². The molecule has 10 heteroatoms. The van der Waals surface area contributed by atoms with Gasteiger partial charge in [0.25, 0.3) is 0 Å². The number of aromatic nitrogens is 3. The maximum absolute atomic E-state index is 12.3.